The van der Waals surface area contributed by atoms with Gasteiger partial charge in [-0.2, -0.15) is 0 Å². The van der Waals surface area contributed by atoms with Gasteiger partial charge in [-0.3, -0.25) is 9.69 Å². The SMILES string of the molecule is COc1ccc(CCN2CCN(CC(=O)NCC3COc4ccccc4O3)CC2)cc1. The van der Waals surface area contributed by atoms with E-state index in [1.807, 2.05) is 36.4 Å². The van der Waals surface area contributed by atoms with E-state index < -0.39 is 0 Å². The van der Waals surface area contributed by atoms with E-state index in [9.17, 15) is 4.79 Å². The molecule has 2 aliphatic heterocycles. The Balaban J connectivity index is 1.12. The minimum atomic E-state index is -0.159. The Bertz CT molecular complexity index is 850. The zero-order chi connectivity index (χ0) is 21.5. The van der Waals surface area contributed by atoms with E-state index in [-0.39, 0.29) is 12.0 Å². The van der Waals surface area contributed by atoms with Crippen LogP contribution >= 0.6 is 0 Å². The van der Waals surface area contributed by atoms with Gasteiger partial charge in [-0.15, -0.1) is 0 Å². The van der Waals surface area contributed by atoms with Crippen molar-refractivity contribution in [2.45, 2.75) is 12.5 Å². The van der Waals surface area contributed by atoms with Crippen LogP contribution in [0.15, 0.2) is 48.5 Å². The monoisotopic (exact) mass is 425 g/mol. The van der Waals surface area contributed by atoms with Gasteiger partial charge in [0.25, 0.3) is 0 Å². The number of carbonyl (C=O) groups is 1. The number of hydrogen-bond donors (Lipinski definition) is 1. The normalized spacial score (nSPS) is 19.1. The molecule has 166 valence electrons. The molecule has 0 saturated carbocycles. The highest BCUT2D eigenvalue weighted by atomic mass is 16.6. The van der Waals surface area contributed by atoms with Crippen molar-refractivity contribution in [1.82, 2.24) is 15.1 Å². The molecule has 1 amide bonds. The third-order valence-electron chi connectivity index (χ3n) is 5.80. The molecule has 1 atom stereocenters. The van der Waals surface area contributed by atoms with Crippen molar-refractivity contribution in [1.29, 1.82) is 0 Å². The van der Waals surface area contributed by atoms with E-state index in [1.165, 1.54) is 5.56 Å². The number of amides is 1. The van der Waals surface area contributed by atoms with Crippen LogP contribution in [0.5, 0.6) is 17.2 Å². The number of benzene rings is 2. The van der Waals surface area contributed by atoms with E-state index >= 15 is 0 Å². The summed E-state index contributed by atoms with van der Waals surface area (Å²) in [5.74, 6) is 2.42. The van der Waals surface area contributed by atoms with Crippen molar-refractivity contribution in [2.75, 3.05) is 59.5 Å². The fourth-order valence-electron chi connectivity index (χ4n) is 3.90. The molecular weight excluding hydrogens is 394 g/mol. The molecule has 7 heteroatoms. The summed E-state index contributed by atoms with van der Waals surface area (Å²) < 4.78 is 16.8. The highest BCUT2D eigenvalue weighted by molar-refractivity contribution is 5.78. The molecule has 7 nitrogen and oxygen atoms in total. The number of hydrogen-bond acceptors (Lipinski definition) is 6. The Morgan fingerprint density at radius 3 is 2.48 bits per heavy atom. The van der Waals surface area contributed by atoms with Gasteiger partial charge in [-0.05, 0) is 36.2 Å². The summed E-state index contributed by atoms with van der Waals surface area (Å²) >= 11 is 0. The summed E-state index contributed by atoms with van der Waals surface area (Å²) in [7, 11) is 1.69. The maximum absolute atomic E-state index is 12.4. The van der Waals surface area contributed by atoms with Crippen LogP contribution in [0.1, 0.15) is 5.56 Å². The van der Waals surface area contributed by atoms with Crippen molar-refractivity contribution < 1.29 is 19.0 Å². The Morgan fingerprint density at radius 2 is 1.74 bits per heavy atom. The maximum Gasteiger partial charge on any atom is 0.234 e. The van der Waals surface area contributed by atoms with Gasteiger partial charge in [0.1, 0.15) is 18.5 Å². The predicted octanol–water partition coefficient (Wildman–Crippen LogP) is 1.81. The molecule has 2 aliphatic rings. The highest BCUT2D eigenvalue weighted by Gasteiger charge is 2.22. The van der Waals surface area contributed by atoms with Crippen LogP contribution in [0, 0.1) is 0 Å². The Kier molecular flexibility index (Phi) is 7.27. The molecule has 1 N–H and O–H groups in total. The number of nitrogens with zero attached hydrogens (tertiary/aromatic N) is 2. The number of methoxy groups -OCH3 is 1. The maximum atomic E-state index is 12.4. The number of fused-ring (bicyclic) bond motifs is 1. The van der Waals surface area contributed by atoms with Gasteiger partial charge in [0.2, 0.25) is 5.91 Å². The lowest BCUT2D eigenvalue weighted by atomic mass is 10.1. The minimum Gasteiger partial charge on any atom is -0.497 e. The number of nitrogens with one attached hydrogen (secondary N) is 1. The summed E-state index contributed by atoms with van der Waals surface area (Å²) in [5.41, 5.74) is 1.32. The molecule has 0 bridgehead atoms. The zero-order valence-electron chi connectivity index (χ0n) is 18.1. The first kappa shape index (κ1) is 21.5. The summed E-state index contributed by atoms with van der Waals surface area (Å²) in [5, 5.41) is 2.99. The number of ether oxygens (including phenoxy) is 3. The molecule has 0 aromatic heterocycles. The van der Waals surface area contributed by atoms with Crippen molar-refractivity contribution in [3.05, 3.63) is 54.1 Å². The molecule has 1 saturated heterocycles. The van der Waals surface area contributed by atoms with E-state index in [0.29, 0.717) is 19.7 Å². The number of para-hydroxylation sites is 2. The van der Waals surface area contributed by atoms with E-state index in [1.54, 1.807) is 7.11 Å². The topological polar surface area (TPSA) is 63.3 Å². The summed E-state index contributed by atoms with van der Waals surface area (Å²) in [6.45, 7) is 6.15. The van der Waals surface area contributed by atoms with Gasteiger partial charge in [0.15, 0.2) is 11.5 Å². The summed E-state index contributed by atoms with van der Waals surface area (Å²) in [6, 6.07) is 15.9. The van der Waals surface area contributed by atoms with Crippen LogP contribution in [-0.2, 0) is 11.2 Å². The molecule has 1 fully saturated rings. The average molecular weight is 426 g/mol. The van der Waals surface area contributed by atoms with E-state index in [4.69, 9.17) is 14.2 Å². The van der Waals surface area contributed by atoms with Gasteiger partial charge in [0, 0.05) is 32.7 Å². The van der Waals surface area contributed by atoms with Gasteiger partial charge < -0.3 is 24.4 Å². The van der Waals surface area contributed by atoms with Crippen LogP contribution in [-0.4, -0.2) is 81.3 Å². The largest absolute Gasteiger partial charge is 0.497 e. The molecule has 1 unspecified atom stereocenters. The van der Waals surface area contributed by atoms with Crippen molar-refractivity contribution in [3.8, 4) is 17.2 Å². The molecule has 2 aromatic carbocycles. The molecule has 2 heterocycles. The summed E-state index contributed by atoms with van der Waals surface area (Å²) in [4.78, 5) is 17.0. The van der Waals surface area contributed by atoms with Crippen LogP contribution in [0.3, 0.4) is 0 Å². The first-order valence-electron chi connectivity index (χ1n) is 10.9. The van der Waals surface area contributed by atoms with Gasteiger partial charge in [-0.25, -0.2) is 0 Å². The second-order valence-corrected chi connectivity index (χ2v) is 8.02. The van der Waals surface area contributed by atoms with Crippen LogP contribution in [0.4, 0.5) is 0 Å². The molecule has 0 spiro atoms. The minimum absolute atomic E-state index is 0.0362. The lowest BCUT2D eigenvalue weighted by Gasteiger charge is -2.34. The first-order chi connectivity index (χ1) is 15.2. The molecule has 2 aromatic rings. The molecular formula is C24H31N3O4. The Hall–Kier alpha value is -2.77. The number of carbonyl (C=O) groups excluding carboxylic acids is 1. The Labute approximate surface area is 183 Å². The quantitative estimate of drug-likeness (QED) is 0.696. The van der Waals surface area contributed by atoms with E-state index in [0.717, 1.165) is 56.4 Å². The second-order valence-electron chi connectivity index (χ2n) is 8.02. The second kappa shape index (κ2) is 10.5. The fourth-order valence-corrected chi connectivity index (χ4v) is 3.90. The zero-order valence-corrected chi connectivity index (χ0v) is 18.1. The third kappa shape index (κ3) is 6.12. The lowest BCUT2D eigenvalue weighted by Crippen LogP contribution is -2.50. The highest BCUT2D eigenvalue weighted by Crippen LogP contribution is 2.30. The smallest absolute Gasteiger partial charge is 0.234 e. The lowest BCUT2D eigenvalue weighted by molar-refractivity contribution is -0.123. The van der Waals surface area contributed by atoms with Crippen LogP contribution < -0.4 is 19.5 Å². The van der Waals surface area contributed by atoms with Crippen molar-refractivity contribution >= 4 is 5.91 Å². The standard InChI is InChI=1S/C24H31N3O4/c1-29-20-8-6-19(7-9-20)10-11-26-12-14-27(15-13-26)17-24(28)25-16-21-18-30-22-4-2-3-5-23(22)31-21/h2-9,21H,10-18H2,1H3,(H,25,28). The first-order valence-corrected chi connectivity index (χ1v) is 10.9. The van der Waals surface area contributed by atoms with Crippen LogP contribution in [0.2, 0.25) is 0 Å². The van der Waals surface area contributed by atoms with Crippen molar-refractivity contribution in [2.24, 2.45) is 0 Å². The number of piperazine rings is 1. The van der Waals surface area contributed by atoms with Crippen molar-refractivity contribution in [3.63, 3.8) is 0 Å². The molecule has 0 radical (unpaired) electrons. The Morgan fingerprint density at radius 1 is 1.03 bits per heavy atom. The van der Waals surface area contributed by atoms with Gasteiger partial charge in [-0.1, -0.05) is 24.3 Å². The van der Waals surface area contributed by atoms with Crippen LogP contribution in [0.25, 0.3) is 0 Å². The number of rotatable bonds is 8. The third-order valence-corrected chi connectivity index (χ3v) is 5.80. The molecule has 4 rings (SSSR count). The van der Waals surface area contributed by atoms with E-state index in [2.05, 4.69) is 27.2 Å². The predicted molar refractivity (Wildman–Crippen MR) is 119 cm³/mol. The molecule has 0 aliphatic carbocycles. The fraction of sp³-hybridized carbons (Fsp3) is 0.458. The average Bonchev–Trinajstić information content (AvgIpc) is 2.82. The van der Waals surface area contributed by atoms with Gasteiger partial charge in [0.05, 0.1) is 20.2 Å². The molecule has 31 heavy (non-hydrogen) atoms. The summed E-state index contributed by atoms with van der Waals surface area (Å²) in [6.07, 6.45) is 0.866. The van der Waals surface area contributed by atoms with Gasteiger partial charge >= 0.3 is 0 Å².